The molecule has 1 saturated heterocycles. The topological polar surface area (TPSA) is 84.3 Å². The summed E-state index contributed by atoms with van der Waals surface area (Å²) < 4.78 is 1.28. The van der Waals surface area contributed by atoms with E-state index in [1.54, 1.807) is 24.3 Å². The number of hydrogen-bond acceptors (Lipinski definition) is 4. The molecule has 2 heterocycles. The molecule has 0 saturated carbocycles. The van der Waals surface area contributed by atoms with Gasteiger partial charge >= 0.3 is 0 Å². The molecule has 0 radical (unpaired) electrons. The van der Waals surface area contributed by atoms with Gasteiger partial charge in [-0.15, -0.1) is 0 Å². The van der Waals surface area contributed by atoms with Gasteiger partial charge in [-0.25, -0.2) is 4.68 Å². The minimum absolute atomic E-state index is 0.0804. The first-order chi connectivity index (χ1) is 13.9. The van der Waals surface area contributed by atoms with Gasteiger partial charge in [0.1, 0.15) is 5.69 Å². The van der Waals surface area contributed by atoms with Crippen LogP contribution in [0.2, 0.25) is 0 Å². The van der Waals surface area contributed by atoms with Crippen LogP contribution in [0.4, 0.5) is 5.69 Å². The number of para-hydroxylation sites is 1. The summed E-state index contributed by atoms with van der Waals surface area (Å²) in [5.41, 5.74) is 0.806. The normalized spacial score (nSPS) is 19.1. The third kappa shape index (κ3) is 4.91. The van der Waals surface area contributed by atoms with Crippen molar-refractivity contribution in [1.82, 2.24) is 14.7 Å². The highest BCUT2D eigenvalue weighted by atomic mass is 16.2. The third-order valence-electron chi connectivity index (χ3n) is 5.10. The number of carbonyl (C=O) groups excluding carboxylic acids is 2. The lowest BCUT2D eigenvalue weighted by Gasteiger charge is -2.35. The Morgan fingerprint density at radius 1 is 1.10 bits per heavy atom. The maximum Gasteiger partial charge on any atom is 0.276 e. The first kappa shape index (κ1) is 20.8. The van der Waals surface area contributed by atoms with Crippen molar-refractivity contribution >= 4 is 17.5 Å². The van der Waals surface area contributed by atoms with Crippen molar-refractivity contribution < 1.29 is 9.59 Å². The van der Waals surface area contributed by atoms with Crippen LogP contribution in [0.25, 0.3) is 0 Å². The van der Waals surface area contributed by atoms with Gasteiger partial charge in [-0.1, -0.05) is 32.9 Å². The first-order valence-corrected chi connectivity index (χ1v) is 10.2. The van der Waals surface area contributed by atoms with Gasteiger partial charge in [0.15, 0.2) is 0 Å². The monoisotopic (exact) mass is 396 g/mol. The maximum absolute atomic E-state index is 13.1. The predicted molar refractivity (Wildman–Crippen MR) is 112 cm³/mol. The molecule has 2 aromatic rings. The molecule has 154 valence electrons. The lowest BCUT2D eigenvalue weighted by molar-refractivity contribution is 0.0624. The van der Waals surface area contributed by atoms with Gasteiger partial charge in [-0.2, -0.15) is 5.10 Å². The Kier molecular flexibility index (Phi) is 6.46. The molecule has 2 amide bonds. The standard InChI is InChI=1S/C22H28N4O3/c1-4-11-26-20(27)10-9-19(24-26)21(28)23-18-8-6-5-7-17(18)22(29)25-13-15(2)12-16(3)14-25/h5-10,15-16H,4,11-14H2,1-3H3,(H,23,28)/t15-,16-/m0/s1. The number of aromatic nitrogens is 2. The van der Waals surface area contributed by atoms with Crippen LogP contribution in [0.1, 0.15) is 54.5 Å². The summed E-state index contributed by atoms with van der Waals surface area (Å²) in [7, 11) is 0. The molecule has 1 fully saturated rings. The molecule has 1 aromatic carbocycles. The van der Waals surface area contributed by atoms with Crippen molar-refractivity contribution in [3.63, 3.8) is 0 Å². The maximum atomic E-state index is 13.1. The number of amides is 2. The molecule has 0 bridgehead atoms. The molecule has 29 heavy (non-hydrogen) atoms. The van der Waals surface area contributed by atoms with Gasteiger partial charge in [0.25, 0.3) is 17.4 Å². The Morgan fingerprint density at radius 3 is 2.48 bits per heavy atom. The number of aryl methyl sites for hydroxylation is 1. The zero-order chi connectivity index (χ0) is 21.0. The van der Waals surface area contributed by atoms with Gasteiger partial charge in [0, 0.05) is 25.7 Å². The van der Waals surface area contributed by atoms with Crippen molar-refractivity contribution in [3.8, 4) is 0 Å². The van der Waals surface area contributed by atoms with Crippen LogP contribution in [-0.4, -0.2) is 39.6 Å². The summed E-state index contributed by atoms with van der Waals surface area (Å²) in [4.78, 5) is 39.5. The molecular weight excluding hydrogens is 368 g/mol. The summed E-state index contributed by atoms with van der Waals surface area (Å²) in [5.74, 6) is 0.375. The van der Waals surface area contributed by atoms with Crippen LogP contribution in [0.15, 0.2) is 41.2 Å². The zero-order valence-corrected chi connectivity index (χ0v) is 17.2. The lowest BCUT2D eigenvalue weighted by Crippen LogP contribution is -2.42. The molecule has 7 heteroatoms. The molecule has 0 aliphatic carbocycles. The van der Waals surface area contributed by atoms with E-state index in [1.807, 2.05) is 11.8 Å². The Bertz CT molecular complexity index is 943. The van der Waals surface area contributed by atoms with Crippen LogP contribution in [-0.2, 0) is 6.54 Å². The fraction of sp³-hybridized carbons (Fsp3) is 0.455. The molecule has 1 aromatic heterocycles. The molecule has 1 aliphatic rings. The van der Waals surface area contributed by atoms with Crippen molar-refractivity contribution in [2.75, 3.05) is 18.4 Å². The lowest BCUT2D eigenvalue weighted by atomic mass is 9.91. The fourth-order valence-corrected chi connectivity index (χ4v) is 3.91. The molecular formula is C22H28N4O3. The van der Waals surface area contributed by atoms with Crippen LogP contribution >= 0.6 is 0 Å². The van der Waals surface area contributed by atoms with E-state index in [4.69, 9.17) is 0 Å². The first-order valence-electron chi connectivity index (χ1n) is 10.2. The smallest absolute Gasteiger partial charge is 0.276 e. The number of hydrogen-bond donors (Lipinski definition) is 1. The summed E-state index contributed by atoms with van der Waals surface area (Å²) in [5, 5.41) is 6.93. The van der Waals surface area contributed by atoms with Crippen LogP contribution in [0.5, 0.6) is 0 Å². The van der Waals surface area contributed by atoms with E-state index >= 15 is 0 Å². The summed E-state index contributed by atoms with van der Waals surface area (Å²) in [6.07, 6.45) is 1.85. The number of anilines is 1. The Hall–Kier alpha value is -2.96. The average Bonchev–Trinajstić information content (AvgIpc) is 2.69. The molecule has 1 N–H and O–H groups in total. The highest BCUT2D eigenvalue weighted by Crippen LogP contribution is 2.25. The second-order valence-corrected chi connectivity index (χ2v) is 7.94. The Labute approximate surface area is 170 Å². The van der Waals surface area contributed by atoms with Crippen LogP contribution in [0, 0.1) is 11.8 Å². The summed E-state index contributed by atoms with van der Waals surface area (Å²) >= 11 is 0. The minimum Gasteiger partial charge on any atom is -0.338 e. The van der Waals surface area contributed by atoms with Crippen LogP contribution < -0.4 is 10.9 Å². The number of likely N-dealkylation sites (tertiary alicyclic amines) is 1. The number of piperidine rings is 1. The largest absolute Gasteiger partial charge is 0.338 e. The second kappa shape index (κ2) is 9.03. The average molecular weight is 396 g/mol. The third-order valence-corrected chi connectivity index (χ3v) is 5.10. The predicted octanol–water partition coefficient (Wildman–Crippen LogP) is 3.02. The quantitative estimate of drug-likeness (QED) is 0.842. The number of rotatable bonds is 5. The van der Waals surface area contributed by atoms with Gasteiger partial charge in [-0.05, 0) is 42.9 Å². The highest BCUT2D eigenvalue weighted by Gasteiger charge is 2.27. The van der Waals surface area contributed by atoms with E-state index in [9.17, 15) is 14.4 Å². The summed E-state index contributed by atoms with van der Waals surface area (Å²) in [6, 6.07) is 9.75. The molecule has 0 spiro atoms. The van der Waals surface area contributed by atoms with Crippen molar-refractivity contribution in [2.24, 2.45) is 11.8 Å². The number of nitrogens with one attached hydrogen (secondary N) is 1. The van der Waals surface area contributed by atoms with Gasteiger partial charge in [-0.3, -0.25) is 14.4 Å². The number of carbonyl (C=O) groups is 2. The van der Waals surface area contributed by atoms with E-state index in [-0.39, 0.29) is 17.2 Å². The Morgan fingerprint density at radius 2 is 1.79 bits per heavy atom. The van der Waals surface area contributed by atoms with E-state index in [0.29, 0.717) is 29.6 Å². The Balaban J connectivity index is 1.82. The number of benzene rings is 1. The van der Waals surface area contributed by atoms with E-state index < -0.39 is 5.91 Å². The molecule has 7 nitrogen and oxygen atoms in total. The highest BCUT2D eigenvalue weighted by molar-refractivity contribution is 6.08. The van der Waals surface area contributed by atoms with Crippen molar-refractivity contribution in [1.29, 1.82) is 0 Å². The van der Waals surface area contributed by atoms with Crippen molar-refractivity contribution in [2.45, 2.75) is 40.2 Å². The van der Waals surface area contributed by atoms with Gasteiger partial charge < -0.3 is 10.2 Å². The summed E-state index contributed by atoms with van der Waals surface area (Å²) in [6.45, 7) is 8.12. The molecule has 3 rings (SSSR count). The number of nitrogens with zero attached hydrogens (tertiary/aromatic N) is 3. The van der Waals surface area contributed by atoms with Crippen molar-refractivity contribution in [3.05, 3.63) is 58.0 Å². The van der Waals surface area contributed by atoms with Gasteiger partial charge in [0.05, 0.1) is 11.3 Å². The second-order valence-electron chi connectivity index (χ2n) is 7.94. The minimum atomic E-state index is -0.449. The molecule has 0 unspecified atom stereocenters. The van der Waals surface area contributed by atoms with Crippen LogP contribution in [0.3, 0.4) is 0 Å². The van der Waals surface area contributed by atoms with E-state index in [0.717, 1.165) is 25.9 Å². The molecule has 1 aliphatic heterocycles. The SMILES string of the molecule is CCCn1nc(C(=O)Nc2ccccc2C(=O)N2C[C@@H](C)C[C@H](C)C2)ccc1=O. The van der Waals surface area contributed by atoms with E-state index in [2.05, 4.69) is 24.3 Å². The fourth-order valence-electron chi connectivity index (χ4n) is 3.91. The molecule has 2 atom stereocenters. The van der Waals surface area contributed by atoms with E-state index in [1.165, 1.54) is 16.8 Å². The van der Waals surface area contributed by atoms with Gasteiger partial charge in [0.2, 0.25) is 0 Å². The zero-order valence-electron chi connectivity index (χ0n) is 17.2.